The first kappa shape index (κ1) is 15.1. The number of furan rings is 1. The Labute approximate surface area is 163 Å². The number of para-hydroxylation sites is 2. The van der Waals surface area contributed by atoms with Crippen molar-refractivity contribution >= 4 is 59.7 Å². The molecule has 0 spiro atoms. The van der Waals surface area contributed by atoms with Crippen LogP contribution in [0, 0.1) is 0 Å². The van der Waals surface area contributed by atoms with Crippen molar-refractivity contribution in [1.82, 2.24) is 4.57 Å². The van der Waals surface area contributed by atoms with Crippen LogP contribution in [0.2, 0.25) is 0 Å². The van der Waals surface area contributed by atoms with Crippen LogP contribution in [0.1, 0.15) is 0 Å². The quantitative estimate of drug-likeness (QED) is 0.274. The molecule has 4 aromatic carbocycles. The fourth-order valence-corrected chi connectivity index (χ4v) is 4.48. The molecule has 0 saturated heterocycles. The van der Waals surface area contributed by atoms with Crippen LogP contribution in [0.4, 0.5) is 0 Å². The van der Waals surface area contributed by atoms with E-state index < -0.39 is 0 Å². The van der Waals surface area contributed by atoms with Gasteiger partial charge < -0.3 is 8.98 Å². The van der Waals surface area contributed by atoms with Gasteiger partial charge in [-0.2, -0.15) is 0 Å². The third-order valence-corrected chi connectivity index (χ3v) is 5.74. The lowest BCUT2D eigenvalue weighted by molar-refractivity contribution is 0.669. The molecular weight excluding hydrogens is 398 g/mol. The summed E-state index contributed by atoms with van der Waals surface area (Å²) >= 11 is 3.65. The first-order valence-electron chi connectivity index (χ1n) is 8.90. The Hall–Kier alpha value is -3.04. The number of benzene rings is 4. The lowest BCUT2D eigenvalue weighted by Crippen LogP contribution is -1.93. The molecule has 0 bridgehead atoms. The molecule has 0 radical (unpaired) electrons. The van der Waals surface area contributed by atoms with E-state index >= 15 is 0 Å². The predicted octanol–water partition coefficient (Wildman–Crippen LogP) is 7.45. The molecule has 2 aromatic heterocycles. The third-order valence-electron chi connectivity index (χ3n) is 5.24. The summed E-state index contributed by atoms with van der Waals surface area (Å²) in [5.41, 5.74) is 5.36. The van der Waals surface area contributed by atoms with Crippen molar-refractivity contribution in [1.29, 1.82) is 0 Å². The van der Waals surface area contributed by atoms with E-state index in [0.29, 0.717) is 0 Å². The molecule has 2 nitrogen and oxygen atoms in total. The molecule has 27 heavy (non-hydrogen) atoms. The Morgan fingerprint density at radius 3 is 2.33 bits per heavy atom. The molecule has 6 rings (SSSR count). The Balaban J connectivity index is 1.95. The summed E-state index contributed by atoms with van der Waals surface area (Å²) in [7, 11) is 0. The number of aromatic nitrogens is 1. The second-order valence-electron chi connectivity index (χ2n) is 6.77. The van der Waals surface area contributed by atoms with Gasteiger partial charge in [0.25, 0.3) is 0 Å². The van der Waals surface area contributed by atoms with Gasteiger partial charge in [-0.15, -0.1) is 0 Å². The molecule has 0 fully saturated rings. The van der Waals surface area contributed by atoms with E-state index in [1.165, 1.54) is 27.2 Å². The van der Waals surface area contributed by atoms with Gasteiger partial charge in [0.15, 0.2) is 0 Å². The van der Waals surface area contributed by atoms with Crippen LogP contribution < -0.4 is 0 Å². The van der Waals surface area contributed by atoms with Gasteiger partial charge in [0.1, 0.15) is 11.2 Å². The number of fused-ring (bicyclic) bond motifs is 7. The molecule has 0 aliphatic rings. The summed E-state index contributed by atoms with van der Waals surface area (Å²) in [5.74, 6) is 0. The van der Waals surface area contributed by atoms with Gasteiger partial charge in [-0.25, -0.2) is 0 Å². The Morgan fingerprint density at radius 1 is 0.667 bits per heavy atom. The summed E-state index contributed by atoms with van der Waals surface area (Å²) in [4.78, 5) is 0. The molecule has 3 heteroatoms. The van der Waals surface area contributed by atoms with E-state index in [1.54, 1.807) is 0 Å². The van der Waals surface area contributed by atoms with Gasteiger partial charge in [-0.05, 0) is 42.5 Å². The minimum atomic E-state index is 0.919. The third kappa shape index (κ3) is 2.06. The normalized spacial score (nSPS) is 11.9. The van der Waals surface area contributed by atoms with Gasteiger partial charge in [-0.1, -0.05) is 58.4 Å². The lowest BCUT2D eigenvalue weighted by Gasteiger charge is -2.08. The molecule has 0 atom stereocenters. The summed E-state index contributed by atoms with van der Waals surface area (Å²) in [5, 5.41) is 4.79. The van der Waals surface area contributed by atoms with E-state index in [1.807, 2.05) is 12.1 Å². The number of rotatable bonds is 1. The van der Waals surface area contributed by atoms with Crippen LogP contribution in [-0.4, -0.2) is 4.57 Å². The van der Waals surface area contributed by atoms with Crippen LogP contribution in [0.15, 0.2) is 93.8 Å². The fourth-order valence-electron chi connectivity index (χ4n) is 4.13. The van der Waals surface area contributed by atoms with Gasteiger partial charge >= 0.3 is 0 Å². The standard InChI is InChI=1S/C24H14BrNO/c25-15-10-11-17-18-12-13-22-23(19-8-4-5-9-21(19)27-22)24(18)26(20(17)14-15)16-6-2-1-3-7-16/h1-14H. The maximum atomic E-state index is 6.15. The van der Waals surface area contributed by atoms with Crippen LogP contribution in [-0.2, 0) is 0 Å². The highest BCUT2D eigenvalue weighted by Gasteiger charge is 2.18. The van der Waals surface area contributed by atoms with Gasteiger partial charge in [-0.3, -0.25) is 0 Å². The number of hydrogen-bond donors (Lipinski definition) is 0. The van der Waals surface area contributed by atoms with E-state index in [9.17, 15) is 0 Å². The monoisotopic (exact) mass is 411 g/mol. The second-order valence-corrected chi connectivity index (χ2v) is 7.68. The highest BCUT2D eigenvalue weighted by Crippen LogP contribution is 2.41. The molecular formula is C24H14BrNO. The molecule has 0 amide bonds. The van der Waals surface area contributed by atoms with E-state index in [2.05, 4.69) is 93.3 Å². The minimum absolute atomic E-state index is 0.919. The zero-order chi connectivity index (χ0) is 18.0. The fraction of sp³-hybridized carbons (Fsp3) is 0. The predicted molar refractivity (Wildman–Crippen MR) is 116 cm³/mol. The molecule has 0 N–H and O–H groups in total. The molecule has 0 unspecified atom stereocenters. The smallest absolute Gasteiger partial charge is 0.137 e. The summed E-state index contributed by atoms with van der Waals surface area (Å²) < 4.78 is 9.57. The summed E-state index contributed by atoms with van der Waals surface area (Å²) in [6.45, 7) is 0. The molecule has 128 valence electrons. The zero-order valence-corrected chi connectivity index (χ0v) is 15.9. The Morgan fingerprint density at radius 2 is 1.44 bits per heavy atom. The van der Waals surface area contributed by atoms with Gasteiger partial charge in [0, 0.05) is 26.3 Å². The van der Waals surface area contributed by atoms with Crippen molar-refractivity contribution in [3.8, 4) is 5.69 Å². The van der Waals surface area contributed by atoms with Crippen LogP contribution in [0.25, 0.3) is 49.4 Å². The Bertz CT molecular complexity index is 1470. The largest absolute Gasteiger partial charge is 0.456 e. The summed E-state index contributed by atoms with van der Waals surface area (Å²) in [6, 6.07) is 29.5. The summed E-state index contributed by atoms with van der Waals surface area (Å²) in [6.07, 6.45) is 0. The van der Waals surface area contributed by atoms with Crippen LogP contribution >= 0.6 is 15.9 Å². The lowest BCUT2D eigenvalue weighted by atomic mass is 10.1. The van der Waals surface area contributed by atoms with E-state index in [4.69, 9.17) is 4.42 Å². The highest BCUT2D eigenvalue weighted by molar-refractivity contribution is 9.10. The minimum Gasteiger partial charge on any atom is -0.456 e. The van der Waals surface area contributed by atoms with E-state index in [0.717, 1.165) is 26.7 Å². The Kier molecular flexibility index (Phi) is 3.06. The van der Waals surface area contributed by atoms with Crippen molar-refractivity contribution in [2.75, 3.05) is 0 Å². The second kappa shape index (κ2) is 5.48. The number of nitrogens with zero attached hydrogens (tertiary/aromatic N) is 1. The SMILES string of the molecule is Brc1ccc2c3ccc4oc5ccccc5c4c3n(-c3ccccc3)c2c1. The molecule has 6 aromatic rings. The number of hydrogen-bond acceptors (Lipinski definition) is 1. The van der Waals surface area contributed by atoms with Crippen molar-refractivity contribution in [2.45, 2.75) is 0 Å². The van der Waals surface area contributed by atoms with E-state index in [-0.39, 0.29) is 0 Å². The van der Waals surface area contributed by atoms with Crippen molar-refractivity contribution < 1.29 is 4.42 Å². The molecule has 0 saturated carbocycles. The first-order valence-corrected chi connectivity index (χ1v) is 9.70. The van der Waals surface area contributed by atoms with Gasteiger partial charge in [0.05, 0.1) is 16.4 Å². The van der Waals surface area contributed by atoms with Crippen molar-refractivity contribution in [3.05, 3.63) is 89.4 Å². The molecule has 0 aliphatic carbocycles. The topological polar surface area (TPSA) is 18.1 Å². The zero-order valence-electron chi connectivity index (χ0n) is 14.3. The van der Waals surface area contributed by atoms with Crippen LogP contribution in [0.5, 0.6) is 0 Å². The molecule has 2 heterocycles. The van der Waals surface area contributed by atoms with Crippen LogP contribution in [0.3, 0.4) is 0 Å². The van der Waals surface area contributed by atoms with Crippen molar-refractivity contribution in [2.24, 2.45) is 0 Å². The average Bonchev–Trinajstić information content (AvgIpc) is 3.23. The van der Waals surface area contributed by atoms with Crippen molar-refractivity contribution in [3.63, 3.8) is 0 Å². The number of halogens is 1. The maximum Gasteiger partial charge on any atom is 0.137 e. The first-order chi connectivity index (χ1) is 13.3. The average molecular weight is 412 g/mol. The highest BCUT2D eigenvalue weighted by atomic mass is 79.9. The molecule has 0 aliphatic heterocycles. The maximum absolute atomic E-state index is 6.15. The van der Waals surface area contributed by atoms with Gasteiger partial charge in [0.2, 0.25) is 0 Å².